The lowest BCUT2D eigenvalue weighted by Gasteiger charge is -2.19. The minimum atomic E-state index is -1.43. The van der Waals surface area contributed by atoms with Crippen molar-refractivity contribution in [2.75, 3.05) is 0 Å². The molecule has 5 aromatic rings. The molecule has 0 aliphatic rings. The van der Waals surface area contributed by atoms with E-state index in [-0.39, 0.29) is 5.82 Å². The molecule has 34 heavy (non-hydrogen) atoms. The molecule has 0 saturated carbocycles. The van der Waals surface area contributed by atoms with Gasteiger partial charge in [-0.25, -0.2) is 4.39 Å². The van der Waals surface area contributed by atoms with Gasteiger partial charge < -0.3 is 4.42 Å². The van der Waals surface area contributed by atoms with Crippen LogP contribution in [-0.4, -0.2) is 8.07 Å². The lowest BCUT2D eigenvalue weighted by molar-refractivity contribution is -0.633. The molecule has 0 saturated heterocycles. The summed E-state index contributed by atoms with van der Waals surface area (Å²) in [4.78, 5) is 0. The Bertz CT molecular complexity index is 1600. The number of hydrogen-bond acceptors (Lipinski definition) is 1. The van der Waals surface area contributed by atoms with Crippen molar-refractivity contribution in [2.24, 2.45) is 7.05 Å². The maximum atomic E-state index is 14.0. The summed E-state index contributed by atoms with van der Waals surface area (Å²) in [6, 6.07) is 16.4. The van der Waals surface area contributed by atoms with Gasteiger partial charge in [-0.3, -0.25) is 0 Å². The van der Waals surface area contributed by atoms with Gasteiger partial charge in [0.05, 0.1) is 13.6 Å². The topological polar surface area (TPSA) is 17.0 Å². The van der Waals surface area contributed by atoms with Crippen LogP contribution in [0.15, 0.2) is 52.9 Å². The largest absolute Gasteiger partial charge is 0.455 e. The third-order valence-electron chi connectivity index (χ3n) is 7.31. The van der Waals surface area contributed by atoms with Gasteiger partial charge in [0.1, 0.15) is 24.0 Å². The number of furan rings is 1. The Hall–Kier alpha value is -2.98. The smallest absolute Gasteiger partial charge is 0.217 e. The Kier molecular flexibility index (Phi) is 5.21. The van der Waals surface area contributed by atoms with Gasteiger partial charge in [-0.15, -0.1) is 0 Å². The summed E-state index contributed by atoms with van der Waals surface area (Å²) >= 11 is 0. The number of pyridine rings is 1. The molecule has 0 radical (unpaired) electrons. The molecule has 2 nitrogen and oxygen atoms in total. The molecule has 0 spiro atoms. The quantitative estimate of drug-likeness (QED) is 0.195. The van der Waals surface area contributed by atoms with Crippen LogP contribution in [0.4, 0.5) is 4.39 Å². The second kappa shape index (κ2) is 7.77. The Labute approximate surface area is 202 Å². The summed E-state index contributed by atoms with van der Waals surface area (Å²) < 4.78 is 22.6. The average molecular weight is 471 g/mol. The predicted octanol–water partition coefficient (Wildman–Crippen LogP) is 7.66. The minimum absolute atomic E-state index is 0.280. The third-order valence-corrected chi connectivity index (χ3v) is 9.35. The zero-order valence-corrected chi connectivity index (χ0v) is 22.4. The van der Waals surface area contributed by atoms with Crippen molar-refractivity contribution >= 4 is 46.1 Å². The number of aromatic nitrogens is 1. The summed E-state index contributed by atoms with van der Waals surface area (Å²) in [5.74, 6) is 0.0998. The van der Waals surface area contributed by atoms with E-state index in [0.29, 0.717) is 11.5 Å². The van der Waals surface area contributed by atoms with Crippen molar-refractivity contribution in [1.82, 2.24) is 0 Å². The Morgan fingerprint density at radius 2 is 1.62 bits per heavy atom. The van der Waals surface area contributed by atoms with Crippen molar-refractivity contribution in [3.63, 3.8) is 0 Å². The number of benzene rings is 3. The first-order chi connectivity index (χ1) is 16.0. The fourth-order valence-corrected chi connectivity index (χ4v) is 6.28. The molecule has 0 unspecified atom stereocenters. The Morgan fingerprint density at radius 3 is 2.29 bits per heavy atom. The van der Waals surface area contributed by atoms with Gasteiger partial charge in [0.15, 0.2) is 0 Å². The average Bonchev–Trinajstić information content (AvgIpc) is 3.11. The standard InChI is InChI=1S/C30H33FNOSi/c1-17(2)23-16-27(32(5)26-12-10-21(15-24(23)26)34(6,7)8)29-19(4)18(3)13-25-22-11-9-20(31)14-28(22)33-30(25)29/h9-17H,1-8H3/q+1. The van der Waals surface area contributed by atoms with E-state index in [1.807, 2.05) is 6.07 Å². The summed E-state index contributed by atoms with van der Waals surface area (Å²) in [6.07, 6.45) is 0. The fourth-order valence-electron chi connectivity index (χ4n) is 5.12. The van der Waals surface area contributed by atoms with E-state index < -0.39 is 8.07 Å². The molecular formula is C30H33FNOSi+. The van der Waals surface area contributed by atoms with E-state index in [9.17, 15) is 4.39 Å². The molecule has 2 aromatic heterocycles. The first-order valence-corrected chi connectivity index (χ1v) is 15.6. The van der Waals surface area contributed by atoms with Gasteiger partial charge in [-0.1, -0.05) is 44.7 Å². The maximum absolute atomic E-state index is 14.0. The predicted molar refractivity (Wildman–Crippen MR) is 144 cm³/mol. The number of nitrogens with zero attached hydrogens (tertiary/aromatic N) is 1. The monoisotopic (exact) mass is 470 g/mol. The van der Waals surface area contributed by atoms with Crippen LogP contribution >= 0.6 is 0 Å². The summed E-state index contributed by atoms with van der Waals surface area (Å²) in [5, 5.41) is 4.79. The van der Waals surface area contributed by atoms with Gasteiger partial charge in [-0.2, -0.15) is 4.57 Å². The summed E-state index contributed by atoms with van der Waals surface area (Å²) in [5.41, 5.74) is 8.60. The minimum Gasteiger partial charge on any atom is -0.455 e. The van der Waals surface area contributed by atoms with Gasteiger partial charge >= 0.3 is 0 Å². The first-order valence-electron chi connectivity index (χ1n) is 12.1. The lowest BCUT2D eigenvalue weighted by atomic mass is 9.92. The molecule has 0 bridgehead atoms. The second-order valence-corrected chi connectivity index (χ2v) is 16.1. The highest BCUT2D eigenvalue weighted by atomic mass is 28.3. The van der Waals surface area contributed by atoms with Crippen LogP contribution in [0, 0.1) is 19.7 Å². The van der Waals surface area contributed by atoms with E-state index in [0.717, 1.165) is 27.6 Å². The number of rotatable bonds is 3. The second-order valence-electron chi connectivity index (χ2n) is 11.0. The van der Waals surface area contributed by atoms with Crippen LogP contribution < -0.4 is 9.75 Å². The zero-order chi connectivity index (χ0) is 24.5. The van der Waals surface area contributed by atoms with Crippen LogP contribution in [0.2, 0.25) is 19.6 Å². The number of halogens is 1. The molecule has 0 aliphatic carbocycles. The van der Waals surface area contributed by atoms with E-state index in [1.54, 1.807) is 0 Å². The highest BCUT2D eigenvalue weighted by Gasteiger charge is 2.27. The normalized spacial score (nSPS) is 12.5. The van der Waals surface area contributed by atoms with Crippen LogP contribution in [0.1, 0.15) is 36.5 Å². The molecule has 174 valence electrons. The van der Waals surface area contributed by atoms with Crippen molar-refractivity contribution < 1.29 is 13.4 Å². The van der Waals surface area contributed by atoms with Crippen LogP contribution in [-0.2, 0) is 7.05 Å². The maximum Gasteiger partial charge on any atom is 0.217 e. The summed E-state index contributed by atoms with van der Waals surface area (Å²) in [7, 11) is 0.710. The Morgan fingerprint density at radius 1 is 0.882 bits per heavy atom. The molecule has 2 heterocycles. The van der Waals surface area contributed by atoms with Crippen LogP contribution in [0.5, 0.6) is 0 Å². The van der Waals surface area contributed by atoms with Gasteiger partial charge in [0.25, 0.3) is 0 Å². The molecule has 0 amide bonds. The van der Waals surface area contributed by atoms with Gasteiger partial charge in [0.2, 0.25) is 11.2 Å². The zero-order valence-electron chi connectivity index (χ0n) is 21.4. The number of aryl methyl sites for hydroxylation is 2. The van der Waals surface area contributed by atoms with Gasteiger partial charge in [0, 0.05) is 34.4 Å². The van der Waals surface area contributed by atoms with Crippen molar-refractivity contribution in [2.45, 2.75) is 53.3 Å². The molecule has 0 N–H and O–H groups in total. The highest BCUT2D eigenvalue weighted by Crippen LogP contribution is 2.40. The first kappa shape index (κ1) is 22.8. The van der Waals surface area contributed by atoms with Crippen LogP contribution in [0.3, 0.4) is 0 Å². The van der Waals surface area contributed by atoms with E-state index in [1.165, 1.54) is 44.9 Å². The van der Waals surface area contributed by atoms with E-state index in [2.05, 4.69) is 89.3 Å². The molecule has 0 atom stereocenters. The molecule has 5 rings (SSSR count). The number of hydrogen-bond donors (Lipinski definition) is 0. The summed E-state index contributed by atoms with van der Waals surface area (Å²) in [6.45, 7) is 16.0. The lowest BCUT2D eigenvalue weighted by Crippen LogP contribution is -2.39. The van der Waals surface area contributed by atoms with E-state index in [4.69, 9.17) is 4.42 Å². The SMILES string of the molecule is Cc1cc2c(oc3cc(F)ccc32)c(-c2cc(C(C)C)c3cc([Si](C)(C)C)ccc3[n+]2C)c1C. The Balaban J connectivity index is 1.91. The molecular weight excluding hydrogens is 437 g/mol. The highest BCUT2D eigenvalue weighted by molar-refractivity contribution is 6.88. The van der Waals surface area contributed by atoms with Crippen LogP contribution in [0.25, 0.3) is 44.1 Å². The molecule has 0 fully saturated rings. The number of fused-ring (bicyclic) bond motifs is 4. The van der Waals surface area contributed by atoms with Crippen molar-refractivity contribution in [3.05, 3.63) is 71.0 Å². The molecule has 3 aromatic carbocycles. The van der Waals surface area contributed by atoms with Gasteiger partial charge in [-0.05, 0) is 60.7 Å². The van der Waals surface area contributed by atoms with E-state index >= 15 is 0 Å². The molecule has 0 aliphatic heterocycles. The molecule has 4 heteroatoms. The van der Waals surface area contributed by atoms with Crippen molar-refractivity contribution in [1.29, 1.82) is 0 Å². The fraction of sp³-hybridized carbons (Fsp3) is 0.300. The van der Waals surface area contributed by atoms with Crippen molar-refractivity contribution in [3.8, 4) is 11.3 Å². The third kappa shape index (κ3) is 3.47.